The Balaban J connectivity index is 1.27. The number of fused-ring (bicyclic) bond motifs is 2. The standard InChI is InChI=1S/C23H22N2O3/c26-23(22-19-7-3-1-5-16(19)12-14-27-22)25-13-11-18(15-25)28-21-10-9-17-6-2-4-8-20(17)24-21/h1-10,18,22H,11-15H2. The van der Waals surface area contributed by atoms with E-state index in [1.165, 1.54) is 5.56 Å². The molecule has 2 unspecified atom stereocenters. The Morgan fingerprint density at radius 1 is 1.07 bits per heavy atom. The van der Waals surface area contributed by atoms with E-state index in [2.05, 4.69) is 11.1 Å². The number of benzene rings is 2. The van der Waals surface area contributed by atoms with Crippen LogP contribution < -0.4 is 4.74 Å². The van der Waals surface area contributed by atoms with Gasteiger partial charge in [0.05, 0.1) is 18.7 Å². The highest BCUT2D eigenvalue weighted by molar-refractivity contribution is 5.83. The van der Waals surface area contributed by atoms with Crippen molar-refractivity contribution in [3.8, 4) is 5.88 Å². The average molecular weight is 374 g/mol. The van der Waals surface area contributed by atoms with Crippen molar-refractivity contribution in [1.29, 1.82) is 0 Å². The molecular weight excluding hydrogens is 352 g/mol. The monoisotopic (exact) mass is 374 g/mol. The Bertz CT molecular complexity index is 1020. The molecule has 1 amide bonds. The van der Waals surface area contributed by atoms with Crippen molar-refractivity contribution < 1.29 is 14.3 Å². The first-order chi connectivity index (χ1) is 13.8. The van der Waals surface area contributed by atoms with Gasteiger partial charge >= 0.3 is 0 Å². The lowest BCUT2D eigenvalue weighted by molar-refractivity contribution is -0.144. The maximum absolute atomic E-state index is 13.1. The third-order valence-electron chi connectivity index (χ3n) is 5.53. The van der Waals surface area contributed by atoms with Gasteiger partial charge in [-0.2, -0.15) is 0 Å². The summed E-state index contributed by atoms with van der Waals surface area (Å²) in [6.45, 7) is 1.83. The maximum atomic E-state index is 13.1. The second kappa shape index (κ2) is 7.24. The van der Waals surface area contributed by atoms with Gasteiger partial charge in [-0.15, -0.1) is 0 Å². The third-order valence-corrected chi connectivity index (χ3v) is 5.53. The van der Waals surface area contributed by atoms with E-state index >= 15 is 0 Å². The molecule has 1 fully saturated rings. The lowest BCUT2D eigenvalue weighted by Gasteiger charge is -2.28. The van der Waals surface area contributed by atoms with Crippen LogP contribution in [0.15, 0.2) is 60.7 Å². The van der Waals surface area contributed by atoms with Crippen LogP contribution in [0.2, 0.25) is 0 Å². The number of rotatable bonds is 3. The van der Waals surface area contributed by atoms with E-state index in [4.69, 9.17) is 9.47 Å². The van der Waals surface area contributed by atoms with Crippen LogP contribution in [0.1, 0.15) is 23.7 Å². The predicted octanol–water partition coefficient (Wildman–Crippen LogP) is 3.53. The van der Waals surface area contributed by atoms with E-state index in [1.54, 1.807) is 0 Å². The molecular formula is C23H22N2O3. The number of carbonyl (C=O) groups excluding carboxylic acids is 1. The summed E-state index contributed by atoms with van der Waals surface area (Å²) >= 11 is 0. The fourth-order valence-electron chi connectivity index (χ4n) is 4.07. The largest absolute Gasteiger partial charge is 0.472 e. The molecule has 2 aliphatic heterocycles. The zero-order chi connectivity index (χ0) is 18.9. The summed E-state index contributed by atoms with van der Waals surface area (Å²) in [7, 11) is 0. The van der Waals surface area contributed by atoms with Crippen LogP contribution in [0.5, 0.6) is 5.88 Å². The number of pyridine rings is 1. The van der Waals surface area contributed by atoms with Gasteiger partial charge in [0.15, 0.2) is 6.10 Å². The quantitative estimate of drug-likeness (QED) is 0.704. The van der Waals surface area contributed by atoms with Crippen molar-refractivity contribution in [2.24, 2.45) is 0 Å². The second-order valence-electron chi connectivity index (χ2n) is 7.35. The summed E-state index contributed by atoms with van der Waals surface area (Å²) in [6, 6.07) is 20.0. The Morgan fingerprint density at radius 3 is 2.89 bits per heavy atom. The molecule has 1 aromatic heterocycles. The van der Waals surface area contributed by atoms with Crippen molar-refractivity contribution in [1.82, 2.24) is 9.88 Å². The highest BCUT2D eigenvalue weighted by Crippen LogP contribution is 2.30. The van der Waals surface area contributed by atoms with Crippen LogP contribution in [0.25, 0.3) is 10.9 Å². The van der Waals surface area contributed by atoms with Crippen molar-refractivity contribution in [3.05, 3.63) is 71.8 Å². The number of aromatic nitrogens is 1. The molecule has 0 bridgehead atoms. The van der Waals surface area contributed by atoms with Gasteiger partial charge in [-0.05, 0) is 29.7 Å². The minimum absolute atomic E-state index is 0.0321. The molecule has 2 aliphatic rings. The van der Waals surface area contributed by atoms with Crippen molar-refractivity contribution in [2.45, 2.75) is 25.0 Å². The lowest BCUT2D eigenvalue weighted by atomic mass is 9.97. The van der Waals surface area contributed by atoms with Gasteiger partial charge in [-0.1, -0.05) is 42.5 Å². The van der Waals surface area contributed by atoms with Crippen LogP contribution in [-0.4, -0.2) is 41.6 Å². The molecule has 3 aromatic rings. The number of likely N-dealkylation sites (tertiary alicyclic amines) is 1. The topological polar surface area (TPSA) is 51.7 Å². The van der Waals surface area contributed by atoms with E-state index < -0.39 is 6.10 Å². The van der Waals surface area contributed by atoms with E-state index in [9.17, 15) is 4.79 Å². The molecule has 0 aliphatic carbocycles. The van der Waals surface area contributed by atoms with Crippen molar-refractivity contribution in [2.75, 3.05) is 19.7 Å². The molecule has 1 saturated heterocycles. The molecule has 142 valence electrons. The Kier molecular flexibility index (Phi) is 4.45. The van der Waals surface area contributed by atoms with Gasteiger partial charge in [-0.3, -0.25) is 4.79 Å². The summed E-state index contributed by atoms with van der Waals surface area (Å²) < 4.78 is 11.9. The predicted molar refractivity (Wildman–Crippen MR) is 106 cm³/mol. The van der Waals surface area contributed by atoms with E-state index in [-0.39, 0.29) is 12.0 Å². The average Bonchev–Trinajstić information content (AvgIpc) is 3.21. The Labute approximate surface area is 163 Å². The minimum atomic E-state index is -0.498. The number of hydrogen-bond donors (Lipinski definition) is 0. The zero-order valence-corrected chi connectivity index (χ0v) is 15.6. The maximum Gasteiger partial charge on any atom is 0.256 e. The van der Waals surface area contributed by atoms with Gasteiger partial charge in [-0.25, -0.2) is 4.98 Å². The Hall–Kier alpha value is -2.92. The molecule has 0 saturated carbocycles. The lowest BCUT2D eigenvalue weighted by Crippen LogP contribution is -2.37. The first-order valence-electron chi connectivity index (χ1n) is 9.78. The molecule has 2 atom stereocenters. The first-order valence-corrected chi connectivity index (χ1v) is 9.78. The SMILES string of the molecule is O=C(C1OCCc2ccccc21)N1CCC(Oc2ccc3ccccc3n2)C1. The van der Waals surface area contributed by atoms with Gasteiger partial charge in [0, 0.05) is 24.4 Å². The molecule has 5 heteroatoms. The highest BCUT2D eigenvalue weighted by atomic mass is 16.5. The molecule has 3 heterocycles. The van der Waals surface area contributed by atoms with Crippen LogP contribution >= 0.6 is 0 Å². The third kappa shape index (κ3) is 3.22. The first kappa shape index (κ1) is 17.2. The molecule has 5 rings (SSSR count). The highest BCUT2D eigenvalue weighted by Gasteiger charge is 2.35. The normalized spacial score (nSPS) is 21.5. The smallest absolute Gasteiger partial charge is 0.256 e. The fourth-order valence-corrected chi connectivity index (χ4v) is 4.07. The van der Waals surface area contributed by atoms with E-state index in [0.717, 1.165) is 29.3 Å². The van der Waals surface area contributed by atoms with Gasteiger partial charge < -0.3 is 14.4 Å². The number of amides is 1. The summed E-state index contributed by atoms with van der Waals surface area (Å²) in [6.07, 6.45) is 1.12. The van der Waals surface area contributed by atoms with Crippen LogP contribution in [0.4, 0.5) is 0 Å². The molecule has 28 heavy (non-hydrogen) atoms. The molecule has 0 spiro atoms. The summed E-state index contributed by atoms with van der Waals surface area (Å²) in [5.74, 6) is 0.641. The number of para-hydroxylation sites is 1. The van der Waals surface area contributed by atoms with Gasteiger partial charge in [0.25, 0.3) is 5.91 Å². The summed E-state index contributed by atoms with van der Waals surface area (Å²) in [5.41, 5.74) is 3.12. The molecule has 0 radical (unpaired) electrons. The number of carbonyl (C=O) groups is 1. The van der Waals surface area contributed by atoms with Gasteiger partial charge in [0.2, 0.25) is 5.88 Å². The molecule has 2 aromatic carbocycles. The summed E-state index contributed by atoms with van der Waals surface area (Å²) in [4.78, 5) is 19.5. The van der Waals surface area contributed by atoms with Gasteiger partial charge in [0.1, 0.15) is 6.10 Å². The van der Waals surface area contributed by atoms with Crippen molar-refractivity contribution in [3.63, 3.8) is 0 Å². The van der Waals surface area contributed by atoms with Crippen LogP contribution in [0, 0.1) is 0 Å². The second-order valence-corrected chi connectivity index (χ2v) is 7.35. The number of hydrogen-bond acceptors (Lipinski definition) is 4. The minimum Gasteiger partial charge on any atom is -0.472 e. The number of ether oxygens (including phenoxy) is 2. The van der Waals surface area contributed by atoms with E-state index in [0.29, 0.717) is 25.6 Å². The fraction of sp³-hybridized carbons (Fsp3) is 0.304. The van der Waals surface area contributed by atoms with Crippen LogP contribution in [-0.2, 0) is 16.0 Å². The molecule has 5 nitrogen and oxygen atoms in total. The van der Waals surface area contributed by atoms with Crippen LogP contribution in [0.3, 0.4) is 0 Å². The van der Waals surface area contributed by atoms with E-state index in [1.807, 2.05) is 59.5 Å². The zero-order valence-electron chi connectivity index (χ0n) is 15.6. The summed E-state index contributed by atoms with van der Waals surface area (Å²) in [5, 5.41) is 1.09. The number of nitrogens with zero attached hydrogens (tertiary/aromatic N) is 2. The Morgan fingerprint density at radius 2 is 1.93 bits per heavy atom. The van der Waals surface area contributed by atoms with Crippen molar-refractivity contribution >= 4 is 16.8 Å². The molecule has 0 N–H and O–H groups in total.